The molecule has 0 aliphatic carbocycles. The predicted octanol–water partition coefficient (Wildman–Crippen LogP) is 2.55. The van der Waals surface area contributed by atoms with E-state index in [4.69, 9.17) is 5.11 Å². The van der Waals surface area contributed by atoms with E-state index >= 15 is 0 Å². The maximum atomic E-state index is 10.9. The van der Waals surface area contributed by atoms with Crippen LogP contribution >= 0.6 is 50.3 Å². The summed E-state index contributed by atoms with van der Waals surface area (Å²) in [5.41, 5.74) is 0.720. The minimum Gasteiger partial charge on any atom is -0.506 e. The highest BCUT2D eigenvalue weighted by Gasteiger charge is 2.32. The lowest BCUT2D eigenvalue weighted by Gasteiger charge is -2.13. The number of hydrogen-bond donors (Lipinski definition) is 3. The summed E-state index contributed by atoms with van der Waals surface area (Å²) in [5, 5.41) is 21.4. The number of hydrogen-bond acceptors (Lipinski definition) is 4. The normalized spacial score (nSPS) is 23.9. The lowest BCUT2D eigenvalue weighted by molar-refractivity contribution is -0.136. The second-order valence-corrected chi connectivity index (χ2v) is 6.97. The number of aromatic hydroxyl groups is 1. The van der Waals surface area contributed by atoms with Crippen LogP contribution in [0.3, 0.4) is 0 Å². The Hall–Kier alpha value is 0.01000. The number of carbonyl (C=O) groups is 1. The zero-order valence-electron chi connectivity index (χ0n) is 8.48. The van der Waals surface area contributed by atoms with E-state index in [0.29, 0.717) is 6.54 Å². The SMILES string of the molecule is O=C(O)[C@H]1CN[C@@H](c2cc(Br)cc(I)c2O)S1. The van der Waals surface area contributed by atoms with E-state index in [9.17, 15) is 9.90 Å². The highest BCUT2D eigenvalue weighted by Crippen LogP contribution is 2.41. The monoisotopic (exact) mass is 429 g/mol. The number of halogens is 2. The van der Waals surface area contributed by atoms with Crippen molar-refractivity contribution in [2.24, 2.45) is 0 Å². The molecule has 7 heteroatoms. The van der Waals surface area contributed by atoms with Crippen molar-refractivity contribution in [3.05, 3.63) is 25.7 Å². The molecule has 1 fully saturated rings. The zero-order chi connectivity index (χ0) is 12.6. The van der Waals surface area contributed by atoms with Gasteiger partial charge >= 0.3 is 5.97 Å². The van der Waals surface area contributed by atoms with Gasteiger partial charge in [-0.05, 0) is 34.7 Å². The van der Waals surface area contributed by atoms with Crippen LogP contribution in [0.4, 0.5) is 0 Å². The molecule has 2 rings (SSSR count). The molecule has 92 valence electrons. The maximum absolute atomic E-state index is 10.9. The number of nitrogens with one attached hydrogen (secondary N) is 1. The van der Waals surface area contributed by atoms with Crippen LogP contribution in [0.15, 0.2) is 16.6 Å². The number of aliphatic carboxylic acids is 1. The number of phenols is 1. The van der Waals surface area contributed by atoms with Crippen molar-refractivity contribution in [2.75, 3.05) is 6.54 Å². The molecule has 3 N–H and O–H groups in total. The van der Waals surface area contributed by atoms with Gasteiger partial charge in [0.2, 0.25) is 0 Å². The van der Waals surface area contributed by atoms with Crippen molar-refractivity contribution in [1.82, 2.24) is 5.32 Å². The van der Waals surface area contributed by atoms with Gasteiger partial charge in [0.05, 0.1) is 8.94 Å². The first-order valence-corrected chi connectivity index (χ1v) is 7.60. The molecule has 1 heterocycles. The van der Waals surface area contributed by atoms with Crippen LogP contribution in [-0.2, 0) is 4.79 Å². The Kier molecular flexibility index (Phi) is 4.22. The third-order valence-corrected chi connectivity index (χ3v) is 5.07. The van der Waals surface area contributed by atoms with Gasteiger partial charge in [-0.1, -0.05) is 15.9 Å². The van der Waals surface area contributed by atoms with E-state index in [1.165, 1.54) is 11.8 Å². The molecule has 0 saturated carbocycles. The Balaban J connectivity index is 2.27. The van der Waals surface area contributed by atoms with E-state index in [1.54, 1.807) is 0 Å². The summed E-state index contributed by atoms with van der Waals surface area (Å²) in [6.07, 6.45) is 0. The van der Waals surface area contributed by atoms with Crippen molar-refractivity contribution < 1.29 is 15.0 Å². The van der Waals surface area contributed by atoms with Gasteiger partial charge in [0.1, 0.15) is 11.0 Å². The Bertz CT molecular complexity index is 471. The summed E-state index contributed by atoms with van der Waals surface area (Å²) in [6, 6.07) is 3.63. The third kappa shape index (κ3) is 2.88. The number of carboxylic acid groups (broad SMARTS) is 1. The first kappa shape index (κ1) is 13.4. The fourth-order valence-corrected chi connectivity index (χ4v) is 4.30. The van der Waals surface area contributed by atoms with Crippen LogP contribution in [0, 0.1) is 3.57 Å². The minimum atomic E-state index is -0.825. The summed E-state index contributed by atoms with van der Waals surface area (Å²) in [4.78, 5) is 10.9. The summed E-state index contributed by atoms with van der Waals surface area (Å²) in [6.45, 7) is 0.410. The van der Waals surface area contributed by atoms with Crippen LogP contribution in [0.5, 0.6) is 5.75 Å². The van der Waals surface area contributed by atoms with Gasteiger partial charge in [0.15, 0.2) is 0 Å². The van der Waals surface area contributed by atoms with Crippen molar-refractivity contribution in [3.63, 3.8) is 0 Å². The molecule has 17 heavy (non-hydrogen) atoms. The third-order valence-electron chi connectivity index (χ3n) is 2.40. The number of carboxylic acids is 1. The van der Waals surface area contributed by atoms with Gasteiger partial charge in [-0.2, -0.15) is 0 Å². The van der Waals surface area contributed by atoms with Gasteiger partial charge in [0, 0.05) is 16.6 Å². The van der Waals surface area contributed by atoms with Crippen molar-refractivity contribution in [1.29, 1.82) is 0 Å². The average molecular weight is 430 g/mol. The molecule has 2 atom stereocenters. The molecule has 0 spiro atoms. The molecule has 0 unspecified atom stereocenters. The van der Waals surface area contributed by atoms with E-state index in [0.717, 1.165) is 13.6 Å². The average Bonchev–Trinajstić information content (AvgIpc) is 2.72. The van der Waals surface area contributed by atoms with Gasteiger partial charge in [-0.25, -0.2) is 0 Å². The summed E-state index contributed by atoms with van der Waals surface area (Å²) in [7, 11) is 0. The smallest absolute Gasteiger partial charge is 0.318 e. The fourth-order valence-electron chi connectivity index (χ4n) is 1.59. The second kappa shape index (κ2) is 5.33. The van der Waals surface area contributed by atoms with Crippen molar-refractivity contribution in [3.8, 4) is 5.75 Å². The molecule has 1 saturated heterocycles. The van der Waals surface area contributed by atoms with Crippen LogP contribution in [0.1, 0.15) is 10.9 Å². The summed E-state index contributed by atoms with van der Waals surface area (Å²) < 4.78 is 1.61. The highest BCUT2D eigenvalue weighted by molar-refractivity contribution is 14.1. The molecule has 4 nitrogen and oxygen atoms in total. The van der Waals surface area contributed by atoms with Crippen molar-refractivity contribution in [2.45, 2.75) is 10.6 Å². The van der Waals surface area contributed by atoms with E-state index < -0.39 is 11.2 Å². The lowest BCUT2D eigenvalue weighted by Crippen LogP contribution is -2.21. The molecule has 0 amide bonds. The molecule has 1 aromatic carbocycles. The lowest BCUT2D eigenvalue weighted by atomic mass is 10.2. The van der Waals surface area contributed by atoms with Crippen LogP contribution in [0.25, 0.3) is 0 Å². The topological polar surface area (TPSA) is 69.6 Å². The molecular weight excluding hydrogens is 421 g/mol. The number of phenolic OH excluding ortho intramolecular Hbond substituents is 1. The quantitative estimate of drug-likeness (QED) is 0.630. The van der Waals surface area contributed by atoms with Gasteiger partial charge < -0.3 is 10.2 Å². The second-order valence-electron chi connectivity index (χ2n) is 3.58. The zero-order valence-corrected chi connectivity index (χ0v) is 13.0. The van der Waals surface area contributed by atoms with Gasteiger partial charge in [0.25, 0.3) is 0 Å². The van der Waals surface area contributed by atoms with Crippen LogP contribution < -0.4 is 5.32 Å². The maximum Gasteiger partial charge on any atom is 0.318 e. The largest absolute Gasteiger partial charge is 0.506 e. The molecule has 0 aromatic heterocycles. The van der Waals surface area contributed by atoms with Crippen molar-refractivity contribution >= 4 is 56.3 Å². The van der Waals surface area contributed by atoms with E-state index in [1.807, 2.05) is 34.7 Å². The first-order valence-electron chi connectivity index (χ1n) is 4.78. The molecule has 0 bridgehead atoms. The molecule has 0 radical (unpaired) electrons. The Morgan fingerprint density at radius 2 is 2.29 bits per heavy atom. The van der Waals surface area contributed by atoms with Crippen LogP contribution in [0.2, 0.25) is 0 Å². The standard InChI is InChI=1S/C10H9BrINO3S/c11-4-1-5(8(14)6(12)2-4)9-13-3-7(17-9)10(15)16/h1-2,7,9,13-14H,3H2,(H,15,16)/t7-,9-/m1/s1. The first-order chi connectivity index (χ1) is 7.99. The molecular formula is C10H9BrINO3S. The number of thioether (sulfide) groups is 1. The van der Waals surface area contributed by atoms with E-state index in [2.05, 4.69) is 21.2 Å². The van der Waals surface area contributed by atoms with Crippen LogP contribution in [-0.4, -0.2) is 28.0 Å². The molecule has 1 aliphatic heterocycles. The van der Waals surface area contributed by atoms with Gasteiger partial charge in [-0.3, -0.25) is 10.1 Å². The fraction of sp³-hybridized carbons (Fsp3) is 0.300. The molecule has 1 aliphatic rings. The Morgan fingerprint density at radius 3 is 2.88 bits per heavy atom. The summed E-state index contributed by atoms with van der Waals surface area (Å²) >= 11 is 6.72. The van der Waals surface area contributed by atoms with Gasteiger partial charge in [-0.15, -0.1) is 11.8 Å². The van der Waals surface area contributed by atoms with E-state index in [-0.39, 0.29) is 11.1 Å². The summed E-state index contributed by atoms with van der Waals surface area (Å²) in [5.74, 6) is -0.612. The number of rotatable bonds is 2. The predicted molar refractivity (Wildman–Crippen MR) is 78.3 cm³/mol. The minimum absolute atomic E-state index is 0.179. The molecule has 1 aromatic rings. The Labute approximate surface area is 124 Å². The highest BCUT2D eigenvalue weighted by atomic mass is 127. The Morgan fingerprint density at radius 1 is 1.59 bits per heavy atom. The number of benzene rings is 1.